The molecule has 5 heteroatoms. The predicted octanol–water partition coefficient (Wildman–Crippen LogP) is 2.29. The predicted molar refractivity (Wildman–Crippen MR) is 55.9 cm³/mol. The summed E-state index contributed by atoms with van der Waals surface area (Å²) in [6, 6.07) is 1.49. The summed E-state index contributed by atoms with van der Waals surface area (Å²) < 4.78 is 0.994. The number of rotatable bonds is 3. The van der Waals surface area contributed by atoms with Crippen LogP contribution in [0, 0.1) is 6.92 Å². The highest BCUT2D eigenvalue weighted by Gasteiger charge is 2.13. The zero-order valence-corrected chi connectivity index (χ0v) is 9.48. The van der Waals surface area contributed by atoms with Crippen LogP contribution in [0.4, 0.5) is 0 Å². The normalized spacial score (nSPS) is 12.8. The lowest BCUT2D eigenvalue weighted by Gasteiger charge is -2.04. The second-order valence-electron chi connectivity index (χ2n) is 2.76. The lowest BCUT2D eigenvalue weighted by Crippen LogP contribution is -2.13. The van der Waals surface area contributed by atoms with Gasteiger partial charge in [-0.25, -0.2) is 0 Å². The highest BCUT2D eigenvalue weighted by Crippen LogP contribution is 2.30. The van der Waals surface area contributed by atoms with E-state index in [9.17, 15) is 4.79 Å². The summed E-state index contributed by atoms with van der Waals surface area (Å²) in [5, 5.41) is 8.53. The van der Waals surface area contributed by atoms with Crippen molar-refractivity contribution in [3.8, 4) is 0 Å². The Bertz CT molecular complexity index is 304. The van der Waals surface area contributed by atoms with Crippen molar-refractivity contribution in [1.82, 2.24) is 0 Å². The molecular weight excluding hydrogens is 254 g/mol. The summed E-state index contributed by atoms with van der Waals surface area (Å²) in [4.78, 5) is 12.4. The van der Waals surface area contributed by atoms with Gasteiger partial charge < -0.3 is 10.8 Å². The molecule has 0 aliphatic heterocycles. The summed E-state index contributed by atoms with van der Waals surface area (Å²) in [6.45, 7) is 1.96. The molecule has 0 fully saturated rings. The molecule has 0 unspecified atom stereocenters. The van der Waals surface area contributed by atoms with Crippen LogP contribution in [0.2, 0.25) is 0 Å². The lowest BCUT2D eigenvalue weighted by molar-refractivity contribution is -0.137. The first-order valence-electron chi connectivity index (χ1n) is 3.74. The number of aryl methyl sites for hydroxylation is 1. The number of halogens is 1. The van der Waals surface area contributed by atoms with Gasteiger partial charge in [-0.3, -0.25) is 4.79 Å². The molecule has 0 amide bonds. The monoisotopic (exact) mass is 263 g/mol. The quantitative estimate of drug-likeness (QED) is 0.880. The first-order valence-corrected chi connectivity index (χ1v) is 5.35. The van der Waals surface area contributed by atoms with E-state index in [2.05, 4.69) is 15.9 Å². The Labute approximate surface area is 88.7 Å². The highest BCUT2D eigenvalue weighted by molar-refractivity contribution is 9.10. The minimum Gasteiger partial charge on any atom is -0.481 e. The average molecular weight is 264 g/mol. The van der Waals surface area contributed by atoms with Crippen molar-refractivity contribution >= 4 is 33.2 Å². The molecule has 13 heavy (non-hydrogen) atoms. The Hall–Kier alpha value is -0.390. The van der Waals surface area contributed by atoms with Gasteiger partial charge in [0.25, 0.3) is 0 Å². The molecule has 1 aromatic rings. The molecule has 0 bridgehead atoms. The smallest absolute Gasteiger partial charge is 0.305 e. The number of carbonyl (C=O) groups is 1. The van der Waals surface area contributed by atoms with E-state index in [1.807, 2.05) is 13.0 Å². The molecule has 1 atom stereocenters. The molecule has 3 N–H and O–H groups in total. The number of carboxylic acids is 1. The Morgan fingerprint density at radius 1 is 1.85 bits per heavy atom. The van der Waals surface area contributed by atoms with E-state index in [4.69, 9.17) is 10.8 Å². The SMILES string of the molecule is Cc1sc([C@H](N)CC(=O)O)cc1Br. The van der Waals surface area contributed by atoms with Crippen molar-refractivity contribution in [2.45, 2.75) is 19.4 Å². The number of thiophene rings is 1. The molecule has 0 radical (unpaired) electrons. The highest BCUT2D eigenvalue weighted by atomic mass is 79.9. The Balaban J connectivity index is 2.77. The van der Waals surface area contributed by atoms with E-state index < -0.39 is 12.0 Å². The molecular formula is C8H10BrNO2S. The molecule has 0 saturated carbocycles. The van der Waals surface area contributed by atoms with Crippen LogP contribution in [-0.2, 0) is 4.79 Å². The van der Waals surface area contributed by atoms with Crippen LogP contribution in [0.25, 0.3) is 0 Å². The number of carboxylic acid groups (broad SMARTS) is 1. The third kappa shape index (κ3) is 2.79. The zero-order valence-electron chi connectivity index (χ0n) is 7.08. The molecule has 72 valence electrons. The van der Waals surface area contributed by atoms with Gasteiger partial charge in [-0.1, -0.05) is 0 Å². The van der Waals surface area contributed by atoms with Gasteiger partial charge in [0.15, 0.2) is 0 Å². The fourth-order valence-electron chi connectivity index (χ4n) is 0.953. The largest absolute Gasteiger partial charge is 0.481 e. The van der Waals surface area contributed by atoms with Gasteiger partial charge in [-0.15, -0.1) is 11.3 Å². The topological polar surface area (TPSA) is 63.3 Å². The van der Waals surface area contributed by atoms with E-state index >= 15 is 0 Å². The molecule has 0 aromatic carbocycles. The van der Waals surface area contributed by atoms with Crippen LogP contribution in [-0.4, -0.2) is 11.1 Å². The first kappa shape index (κ1) is 10.7. The van der Waals surface area contributed by atoms with Crippen LogP contribution in [0.5, 0.6) is 0 Å². The fraction of sp³-hybridized carbons (Fsp3) is 0.375. The maximum atomic E-state index is 10.4. The standard InChI is InChI=1S/C8H10BrNO2S/c1-4-5(9)2-7(13-4)6(10)3-8(11)12/h2,6H,3,10H2,1H3,(H,11,12)/t6-/m1/s1. The summed E-state index contributed by atoms with van der Waals surface area (Å²) in [7, 11) is 0. The van der Waals surface area contributed by atoms with Crippen LogP contribution < -0.4 is 5.73 Å². The first-order chi connectivity index (χ1) is 6.00. The molecule has 0 aliphatic carbocycles. The van der Waals surface area contributed by atoms with Crippen LogP contribution in [0.1, 0.15) is 22.2 Å². The van der Waals surface area contributed by atoms with E-state index in [0.29, 0.717) is 0 Å². The minimum atomic E-state index is -0.866. The van der Waals surface area contributed by atoms with Gasteiger partial charge in [0.2, 0.25) is 0 Å². The third-order valence-corrected chi connectivity index (χ3v) is 3.90. The summed E-state index contributed by atoms with van der Waals surface area (Å²) in [5.74, 6) is -0.866. The molecule has 1 aromatic heterocycles. The fourth-order valence-corrected chi connectivity index (χ4v) is 2.52. The third-order valence-electron chi connectivity index (χ3n) is 1.64. The van der Waals surface area contributed by atoms with Gasteiger partial charge in [0, 0.05) is 20.3 Å². The Morgan fingerprint density at radius 3 is 2.85 bits per heavy atom. The van der Waals surface area contributed by atoms with Crippen molar-refractivity contribution in [3.63, 3.8) is 0 Å². The zero-order chi connectivity index (χ0) is 10.0. The van der Waals surface area contributed by atoms with Crippen molar-refractivity contribution < 1.29 is 9.90 Å². The average Bonchev–Trinajstić information content (AvgIpc) is 2.31. The number of aliphatic carboxylic acids is 1. The maximum Gasteiger partial charge on any atom is 0.305 e. The summed E-state index contributed by atoms with van der Waals surface area (Å²) >= 11 is 4.89. The molecule has 0 spiro atoms. The molecule has 1 rings (SSSR count). The second kappa shape index (κ2) is 4.21. The van der Waals surface area contributed by atoms with Crippen LogP contribution >= 0.6 is 27.3 Å². The summed E-state index contributed by atoms with van der Waals surface area (Å²) in [6.07, 6.45) is -0.0214. The van der Waals surface area contributed by atoms with Crippen molar-refractivity contribution in [1.29, 1.82) is 0 Å². The van der Waals surface area contributed by atoms with E-state index in [-0.39, 0.29) is 6.42 Å². The van der Waals surface area contributed by atoms with E-state index in [0.717, 1.165) is 14.2 Å². The van der Waals surface area contributed by atoms with E-state index in [1.165, 1.54) is 11.3 Å². The minimum absolute atomic E-state index is 0.0214. The van der Waals surface area contributed by atoms with Crippen LogP contribution in [0.15, 0.2) is 10.5 Å². The lowest BCUT2D eigenvalue weighted by atomic mass is 10.2. The van der Waals surface area contributed by atoms with Gasteiger partial charge in [-0.05, 0) is 28.9 Å². The molecule has 0 saturated heterocycles. The van der Waals surface area contributed by atoms with Crippen molar-refractivity contribution in [3.05, 3.63) is 20.3 Å². The number of hydrogen-bond acceptors (Lipinski definition) is 3. The number of nitrogens with two attached hydrogens (primary N) is 1. The van der Waals surface area contributed by atoms with Crippen LogP contribution in [0.3, 0.4) is 0 Å². The van der Waals surface area contributed by atoms with E-state index in [1.54, 1.807) is 0 Å². The van der Waals surface area contributed by atoms with Crippen molar-refractivity contribution in [2.24, 2.45) is 5.73 Å². The second-order valence-corrected chi connectivity index (χ2v) is 4.90. The van der Waals surface area contributed by atoms with Crippen molar-refractivity contribution in [2.75, 3.05) is 0 Å². The Morgan fingerprint density at radius 2 is 2.46 bits per heavy atom. The van der Waals surface area contributed by atoms with Gasteiger partial charge >= 0.3 is 5.97 Å². The van der Waals surface area contributed by atoms with Gasteiger partial charge in [-0.2, -0.15) is 0 Å². The van der Waals surface area contributed by atoms with Gasteiger partial charge in [0.1, 0.15) is 0 Å². The molecule has 3 nitrogen and oxygen atoms in total. The molecule has 1 heterocycles. The Kier molecular flexibility index (Phi) is 3.47. The molecule has 0 aliphatic rings. The van der Waals surface area contributed by atoms with Gasteiger partial charge in [0.05, 0.1) is 6.42 Å². The number of hydrogen-bond donors (Lipinski definition) is 2. The summed E-state index contributed by atoms with van der Waals surface area (Å²) in [5.41, 5.74) is 5.69. The maximum absolute atomic E-state index is 10.4.